The Hall–Kier alpha value is -1.85. The van der Waals surface area contributed by atoms with Gasteiger partial charge in [-0.05, 0) is 24.6 Å². The number of hydrogen-bond acceptors (Lipinski definition) is 5. The Bertz CT molecular complexity index is 827. The van der Waals surface area contributed by atoms with Crippen LogP contribution in [0.15, 0.2) is 29.3 Å². The molecule has 1 amide bonds. The van der Waals surface area contributed by atoms with Crippen LogP contribution in [0.3, 0.4) is 0 Å². The first kappa shape index (κ1) is 16.0. The van der Waals surface area contributed by atoms with E-state index in [-0.39, 0.29) is 29.2 Å². The molecule has 2 heterocycles. The largest absolute Gasteiger partial charge is 0.316 e. The maximum atomic E-state index is 11.9. The molecule has 2 aliphatic rings. The van der Waals surface area contributed by atoms with E-state index in [4.69, 9.17) is 5.26 Å². The second-order valence-corrected chi connectivity index (χ2v) is 8.99. The summed E-state index contributed by atoms with van der Waals surface area (Å²) in [7, 11) is -3.07. The molecule has 0 bridgehead atoms. The number of carbonyl (C=O) groups is 1. The fourth-order valence-electron chi connectivity index (χ4n) is 2.86. The zero-order valence-electron chi connectivity index (χ0n) is 12.5. The average Bonchev–Trinajstić information content (AvgIpc) is 2.89. The summed E-state index contributed by atoms with van der Waals surface area (Å²) in [4.78, 5) is 17.6. The van der Waals surface area contributed by atoms with Crippen molar-refractivity contribution in [1.82, 2.24) is 0 Å². The van der Waals surface area contributed by atoms with E-state index >= 15 is 0 Å². The van der Waals surface area contributed by atoms with Crippen LogP contribution in [0.25, 0.3) is 0 Å². The van der Waals surface area contributed by atoms with Crippen molar-refractivity contribution in [2.75, 3.05) is 16.4 Å². The van der Waals surface area contributed by atoms with Gasteiger partial charge in [-0.15, -0.1) is 0 Å². The van der Waals surface area contributed by atoms with Crippen LogP contribution >= 0.6 is 11.8 Å². The van der Waals surface area contributed by atoms with Crippen molar-refractivity contribution in [2.24, 2.45) is 4.99 Å². The van der Waals surface area contributed by atoms with E-state index in [1.807, 2.05) is 36.1 Å². The van der Waals surface area contributed by atoms with Crippen LogP contribution < -0.4 is 4.90 Å². The molecule has 3 rings (SSSR count). The summed E-state index contributed by atoms with van der Waals surface area (Å²) in [5, 5.41) is 8.98. The Labute approximate surface area is 139 Å². The van der Waals surface area contributed by atoms with Gasteiger partial charge in [-0.1, -0.05) is 23.9 Å². The minimum absolute atomic E-state index is 0.0596. The number of benzene rings is 1. The fourth-order valence-corrected chi connectivity index (χ4v) is 6.79. The number of fused-ring (bicyclic) bond motifs is 1. The molecule has 0 aliphatic carbocycles. The van der Waals surface area contributed by atoms with Crippen LogP contribution in [0.5, 0.6) is 0 Å². The van der Waals surface area contributed by atoms with Crippen molar-refractivity contribution in [1.29, 1.82) is 5.26 Å². The van der Waals surface area contributed by atoms with Crippen LogP contribution in [0.1, 0.15) is 12.0 Å². The molecule has 2 aliphatic heterocycles. The summed E-state index contributed by atoms with van der Waals surface area (Å²) < 4.78 is 23.9. The molecule has 1 aromatic rings. The smallest absolute Gasteiger partial charge is 0.262 e. The van der Waals surface area contributed by atoms with Gasteiger partial charge in [0.1, 0.15) is 6.42 Å². The number of thioether (sulfide) groups is 1. The number of anilines is 1. The van der Waals surface area contributed by atoms with Crippen molar-refractivity contribution in [3.05, 3.63) is 29.8 Å². The molecular weight excluding hydrogens is 334 g/mol. The highest BCUT2D eigenvalue weighted by Gasteiger charge is 2.49. The Kier molecular flexibility index (Phi) is 4.17. The molecule has 2 atom stereocenters. The van der Waals surface area contributed by atoms with Gasteiger partial charge in [-0.3, -0.25) is 4.79 Å². The lowest BCUT2D eigenvalue weighted by atomic mass is 10.1. The van der Waals surface area contributed by atoms with Gasteiger partial charge in [0.05, 0.1) is 23.6 Å². The molecule has 0 spiro atoms. The molecule has 120 valence electrons. The van der Waals surface area contributed by atoms with E-state index < -0.39 is 15.7 Å². The van der Waals surface area contributed by atoms with Gasteiger partial charge in [-0.25, -0.2) is 8.42 Å². The van der Waals surface area contributed by atoms with Crippen LogP contribution in [0, 0.1) is 18.3 Å². The third-order valence-electron chi connectivity index (χ3n) is 3.80. The van der Waals surface area contributed by atoms with E-state index in [0.29, 0.717) is 5.17 Å². The SMILES string of the molecule is Cc1cccc(N2C(=NC(=O)CC#N)SC3CS(=O)(=O)CC32)c1. The molecule has 23 heavy (non-hydrogen) atoms. The third-order valence-corrected chi connectivity index (χ3v) is 7.01. The zero-order chi connectivity index (χ0) is 16.6. The van der Waals surface area contributed by atoms with Gasteiger partial charge in [0.2, 0.25) is 0 Å². The number of amides is 1. The van der Waals surface area contributed by atoms with Gasteiger partial charge in [0.15, 0.2) is 15.0 Å². The minimum Gasteiger partial charge on any atom is -0.316 e. The van der Waals surface area contributed by atoms with Crippen molar-refractivity contribution in [3.63, 3.8) is 0 Å². The lowest BCUT2D eigenvalue weighted by molar-refractivity contribution is -0.116. The van der Waals surface area contributed by atoms with Gasteiger partial charge in [-0.2, -0.15) is 10.3 Å². The number of nitrogens with zero attached hydrogens (tertiary/aromatic N) is 3. The van der Waals surface area contributed by atoms with Gasteiger partial charge >= 0.3 is 0 Å². The Morgan fingerprint density at radius 1 is 1.48 bits per heavy atom. The molecule has 0 aromatic heterocycles. The summed E-state index contributed by atoms with van der Waals surface area (Å²) in [5.41, 5.74) is 1.87. The van der Waals surface area contributed by atoms with Crippen molar-refractivity contribution in [2.45, 2.75) is 24.6 Å². The second kappa shape index (κ2) is 5.98. The molecule has 6 nitrogen and oxygen atoms in total. The first-order chi connectivity index (χ1) is 10.9. The monoisotopic (exact) mass is 349 g/mol. The van der Waals surface area contributed by atoms with Crippen molar-refractivity contribution >= 4 is 38.4 Å². The van der Waals surface area contributed by atoms with E-state index in [9.17, 15) is 13.2 Å². The molecular formula is C15H15N3O3S2. The van der Waals surface area contributed by atoms with E-state index in [2.05, 4.69) is 4.99 Å². The molecule has 0 radical (unpaired) electrons. The molecule has 1 aromatic carbocycles. The first-order valence-electron chi connectivity index (χ1n) is 7.11. The predicted octanol–water partition coefficient (Wildman–Crippen LogP) is 1.51. The normalized spacial score (nSPS) is 27.0. The first-order valence-corrected chi connectivity index (χ1v) is 9.81. The minimum atomic E-state index is -3.07. The number of nitriles is 1. The fraction of sp³-hybridized carbons (Fsp3) is 0.400. The average molecular weight is 349 g/mol. The molecule has 0 N–H and O–H groups in total. The van der Waals surface area contributed by atoms with E-state index in [0.717, 1.165) is 11.3 Å². The van der Waals surface area contributed by atoms with Crippen LogP contribution in [-0.4, -0.2) is 42.3 Å². The number of amidine groups is 1. The summed E-state index contributed by atoms with van der Waals surface area (Å²) in [6.45, 7) is 1.95. The zero-order valence-corrected chi connectivity index (χ0v) is 14.1. The Morgan fingerprint density at radius 3 is 2.96 bits per heavy atom. The summed E-state index contributed by atoms with van der Waals surface area (Å²) in [6, 6.07) is 9.23. The van der Waals surface area contributed by atoms with E-state index in [1.54, 1.807) is 6.07 Å². The number of aryl methyl sites for hydroxylation is 1. The molecule has 2 unspecified atom stereocenters. The maximum Gasteiger partial charge on any atom is 0.262 e. The molecule has 0 saturated carbocycles. The molecule has 8 heteroatoms. The third kappa shape index (κ3) is 3.26. The van der Waals surface area contributed by atoms with Gasteiger partial charge < -0.3 is 4.90 Å². The summed E-state index contributed by atoms with van der Waals surface area (Å²) in [6.07, 6.45) is -0.278. The summed E-state index contributed by atoms with van der Waals surface area (Å²) in [5.74, 6) is -0.351. The van der Waals surface area contributed by atoms with Crippen LogP contribution in [0.2, 0.25) is 0 Å². The van der Waals surface area contributed by atoms with Gasteiger partial charge in [0, 0.05) is 10.9 Å². The van der Waals surface area contributed by atoms with E-state index in [1.165, 1.54) is 11.8 Å². The second-order valence-electron chi connectivity index (χ2n) is 5.63. The molecule has 2 fully saturated rings. The standard InChI is InChI=1S/C15H15N3O3S2/c1-10-3-2-4-11(7-10)18-12-8-23(20,21)9-13(12)22-15(18)17-14(19)5-6-16/h2-4,7,12-13H,5,8-9H2,1H3. The van der Waals surface area contributed by atoms with Gasteiger partial charge in [0.25, 0.3) is 5.91 Å². The van der Waals surface area contributed by atoms with Crippen LogP contribution in [-0.2, 0) is 14.6 Å². The predicted molar refractivity (Wildman–Crippen MR) is 90.2 cm³/mol. The van der Waals surface area contributed by atoms with Crippen LogP contribution in [0.4, 0.5) is 5.69 Å². The number of hydrogen-bond donors (Lipinski definition) is 0. The Balaban J connectivity index is 2.01. The summed E-state index contributed by atoms with van der Waals surface area (Å²) >= 11 is 1.31. The number of rotatable bonds is 2. The lowest BCUT2D eigenvalue weighted by Crippen LogP contribution is -2.37. The Morgan fingerprint density at radius 2 is 2.26 bits per heavy atom. The highest BCUT2D eigenvalue weighted by molar-refractivity contribution is 8.16. The quantitative estimate of drug-likeness (QED) is 0.804. The maximum absolute atomic E-state index is 11.9. The highest BCUT2D eigenvalue weighted by atomic mass is 32.2. The highest BCUT2D eigenvalue weighted by Crippen LogP contribution is 2.41. The number of sulfone groups is 1. The van der Waals surface area contributed by atoms with Crippen molar-refractivity contribution < 1.29 is 13.2 Å². The number of carbonyl (C=O) groups excluding carboxylic acids is 1. The molecule has 2 saturated heterocycles. The number of aliphatic imine (C=N–C) groups is 1. The lowest BCUT2D eigenvalue weighted by Gasteiger charge is -2.24. The topological polar surface area (TPSA) is 90.6 Å². The van der Waals surface area contributed by atoms with Crippen molar-refractivity contribution in [3.8, 4) is 6.07 Å².